The quantitative estimate of drug-likeness (QED) is 0.739. The van der Waals surface area contributed by atoms with E-state index in [0.717, 1.165) is 0 Å². The van der Waals surface area contributed by atoms with Gasteiger partial charge in [0.05, 0.1) is 6.42 Å². The van der Waals surface area contributed by atoms with Crippen LogP contribution < -0.4 is 10.1 Å². The maximum absolute atomic E-state index is 11.8. The van der Waals surface area contributed by atoms with E-state index in [-0.39, 0.29) is 19.7 Å². The van der Waals surface area contributed by atoms with E-state index < -0.39 is 18.7 Å². The molecule has 1 rings (SSSR count). The topological polar surface area (TPSA) is 41.5 Å². The highest BCUT2D eigenvalue weighted by Crippen LogP contribution is 2.18. The number of aliphatic hydroxyl groups is 1. The molecule has 1 unspecified atom stereocenters. The molecule has 1 atom stereocenters. The van der Waals surface area contributed by atoms with E-state index in [1.165, 1.54) is 0 Å². The third-order valence-corrected chi connectivity index (χ3v) is 2.15. The number of hydrogen-bond acceptors (Lipinski definition) is 3. The first-order valence-corrected chi connectivity index (χ1v) is 5.61. The average molecular weight is 263 g/mol. The molecule has 0 aliphatic carbocycles. The molecule has 0 aliphatic heterocycles. The lowest BCUT2D eigenvalue weighted by Gasteiger charge is -2.13. The zero-order chi connectivity index (χ0) is 13.4. The van der Waals surface area contributed by atoms with Gasteiger partial charge >= 0.3 is 6.18 Å². The highest BCUT2D eigenvalue weighted by Gasteiger charge is 2.26. The van der Waals surface area contributed by atoms with E-state index in [1.54, 1.807) is 24.3 Å². The van der Waals surface area contributed by atoms with E-state index in [9.17, 15) is 18.3 Å². The van der Waals surface area contributed by atoms with E-state index in [0.29, 0.717) is 5.75 Å². The largest absolute Gasteiger partial charge is 0.491 e. The number of nitrogens with one attached hydrogen (secondary N) is 1. The van der Waals surface area contributed by atoms with Crippen molar-refractivity contribution in [3.63, 3.8) is 0 Å². The molecule has 0 aliphatic rings. The highest BCUT2D eigenvalue weighted by atomic mass is 19.4. The maximum atomic E-state index is 11.8. The third-order valence-electron chi connectivity index (χ3n) is 2.15. The molecule has 0 heterocycles. The van der Waals surface area contributed by atoms with E-state index in [2.05, 4.69) is 5.32 Å². The number of hydrogen-bond donors (Lipinski definition) is 2. The van der Waals surface area contributed by atoms with Crippen LogP contribution in [0.4, 0.5) is 13.2 Å². The van der Waals surface area contributed by atoms with Gasteiger partial charge in [-0.3, -0.25) is 0 Å². The van der Waals surface area contributed by atoms with Gasteiger partial charge in [-0.25, -0.2) is 0 Å². The molecule has 6 heteroatoms. The standard InChI is InChI=1S/C12H16F3NO2/c13-12(14,15)6-7-16-8-10(17)9-18-11-4-2-1-3-5-11/h1-5,10,16-17H,6-9H2. The van der Waals surface area contributed by atoms with Crippen molar-refractivity contribution in [2.75, 3.05) is 19.7 Å². The Hall–Kier alpha value is -1.27. The number of alkyl halides is 3. The number of rotatable bonds is 7. The Morgan fingerprint density at radius 3 is 2.50 bits per heavy atom. The Bertz CT molecular complexity index is 330. The van der Waals surface area contributed by atoms with Gasteiger partial charge in [-0.2, -0.15) is 13.2 Å². The predicted molar refractivity (Wildman–Crippen MR) is 61.5 cm³/mol. The Labute approximate surface area is 104 Å². The molecule has 1 aromatic carbocycles. The lowest BCUT2D eigenvalue weighted by molar-refractivity contribution is -0.133. The fourth-order valence-corrected chi connectivity index (χ4v) is 1.27. The fraction of sp³-hybridized carbons (Fsp3) is 0.500. The lowest BCUT2D eigenvalue weighted by atomic mass is 10.3. The minimum absolute atomic E-state index is 0.0447. The van der Waals surface area contributed by atoms with Gasteiger partial charge in [-0.15, -0.1) is 0 Å². The van der Waals surface area contributed by atoms with Crippen LogP contribution in [0.15, 0.2) is 30.3 Å². The monoisotopic (exact) mass is 263 g/mol. The molecule has 0 bridgehead atoms. The van der Waals surface area contributed by atoms with Crippen LogP contribution >= 0.6 is 0 Å². The second kappa shape index (κ2) is 7.23. The van der Waals surface area contributed by atoms with Crippen LogP contribution in [0, 0.1) is 0 Å². The van der Waals surface area contributed by atoms with E-state index in [4.69, 9.17) is 4.74 Å². The number of aliphatic hydroxyl groups excluding tert-OH is 1. The third kappa shape index (κ3) is 7.13. The van der Waals surface area contributed by atoms with Crippen molar-refractivity contribution in [1.29, 1.82) is 0 Å². The molecular formula is C12H16F3NO2. The molecule has 0 saturated carbocycles. The van der Waals surface area contributed by atoms with Gasteiger partial charge in [0.15, 0.2) is 0 Å². The Kier molecular flexibility index (Phi) is 5.94. The van der Waals surface area contributed by atoms with Crippen molar-refractivity contribution in [2.24, 2.45) is 0 Å². The van der Waals surface area contributed by atoms with E-state index >= 15 is 0 Å². The highest BCUT2D eigenvalue weighted by molar-refractivity contribution is 5.20. The Balaban J connectivity index is 2.09. The molecule has 2 N–H and O–H groups in total. The summed E-state index contributed by atoms with van der Waals surface area (Å²) in [5.41, 5.74) is 0. The first-order chi connectivity index (χ1) is 8.47. The maximum Gasteiger partial charge on any atom is 0.390 e. The zero-order valence-corrected chi connectivity index (χ0v) is 9.78. The van der Waals surface area contributed by atoms with Crippen molar-refractivity contribution in [1.82, 2.24) is 5.32 Å². The Morgan fingerprint density at radius 2 is 1.89 bits per heavy atom. The van der Waals surface area contributed by atoms with Gasteiger partial charge in [0.25, 0.3) is 0 Å². The van der Waals surface area contributed by atoms with E-state index in [1.807, 2.05) is 6.07 Å². The minimum Gasteiger partial charge on any atom is -0.491 e. The molecule has 18 heavy (non-hydrogen) atoms. The average Bonchev–Trinajstić information content (AvgIpc) is 2.32. The number of benzene rings is 1. The molecule has 0 saturated heterocycles. The van der Waals surface area contributed by atoms with Crippen molar-refractivity contribution >= 4 is 0 Å². The smallest absolute Gasteiger partial charge is 0.390 e. The predicted octanol–water partition coefficient (Wildman–Crippen LogP) is 1.97. The zero-order valence-electron chi connectivity index (χ0n) is 9.78. The van der Waals surface area contributed by atoms with Crippen LogP contribution in [0.1, 0.15) is 6.42 Å². The Morgan fingerprint density at radius 1 is 1.22 bits per heavy atom. The lowest BCUT2D eigenvalue weighted by Crippen LogP contribution is -2.33. The van der Waals surface area contributed by atoms with Crippen molar-refractivity contribution in [3.05, 3.63) is 30.3 Å². The number of ether oxygens (including phenoxy) is 1. The summed E-state index contributed by atoms with van der Waals surface area (Å²) in [6.07, 6.45) is -5.91. The summed E-state index contributed by atoms with van der Waals surface area (Å²) >= 11 is 0. The van der Waals surface area contributed by atoms with Gasteiger partial charge in [-0.05, 0) is 12.1 Å². The molecule has 3 nitrogen and oxygen atoms in total. The van der Waals surface area contributed by atoms with Crippen LogP contribution in [0.25, 0.3) is 0 Å². The summed E-state index contributed by atoms with van der Waals surface area (Å²) in [6, 6.07) is 8.90. The fourth-order valence-electron chi connectivity index (χ4n) is 1.27. The van der Waals surface area contributed by atoms with Gasteiger partial charge in [0.2, 0.25) is 0 Å². The summed E-state index contributed by atoms with van der Waals surface area (Å²) in [7, 11) is 0. The van der Waals surface area contributed by atoms with Crippen LogP contribution in [0.5, 0.6) is 5.75 Å². The molecule has 0 spiro atoms. The second-order valence-corrected chi connectivity index (χ2v) is 3.85. The van der Waals surface area contributed by atoms with Gasteiger partial charge in [0, 0.05) is 13.1 Å². The molecule has 0 aromatic heterocycles. The molecule has 0 amide bonds. The summed E-state index contributed by atoms with van der Waals surface area (Å²) in [4.78, 5) is 0. The summed E-state index contributed by atoms with van der Waals surface area (Å²) in [5.74, 6) is 0.617. The van der Waals surface area contributed by atoms with Crippen molar-refractivity contribution in [2.45, 2.75) is 18.7 Å². The molecular weight excluding hydrogens is 247 g/mol. The first kappa shape index (κ1) is 14.8. The van der Waals surface area contributed by atoms with Crippen LogP contribution in [0.3, 0.4) is 0 Å². The molecule has 0 radical (unpaired) electrons. The van der Waals surface area contributed by atoms with Gasteiger partial charge in [-0.1, -0.05) is 18.2 Å². The van der Waals surface area contributed by atoms with Crippen molar-refractivity contribution in [3.8, 4) is 5.75 Å². The first-order valence-electron chi connectivity index (χ1n) is 5.61. The SMILES string of the molecule is OC(CNCCC(F)(F)F)COc1ccccc1. The number of halogens is 3. The minimum atomic E-state index is -4.17. The van der Waals surface area contributed by atoms with Crippen LogP contribution in [-0.2, 0) is 0 Å². The summed E-state index contributed by atoms with van der Waals surface area (Å²) < 4.78 is 40.7. The number of para-hydroxylation sites is 1. The normalized spacial score (nSPS) is 13.3. The van der Waals surface area contributed by atoms with Gasteiger partial charge in [0.1, 0.15) is 18.5 Å². The second-order valence-electron chi connectivity index (χ2n) is 3.85. The van der Waals surface area contributed by atoms with Crippen molar-refractivity contribution < 1.29 is 23.0 Å². The summed E-state index contributed by atoms with van der Waals surface area (Å²) in [5, 5.41) is 12.0. The van der Waals surface area contributed by atoms with Crippen LogP contribution in [-0.4, -0.2) is 37.1 Å². The summed E-state index contributed by atoms with van der Waals surface area (Å²) in [6.45, 7) is -0.0855. The molecule has 102 valence electrons. The molecule has 1 aromatic rings. The van der Waals surface area contributed by atoms with Crippen LogP contribution in [0.2, 0.25) is 0 Å². The molecule has 0 fully saturated rings. The van der Waals surface area contributed by atoms with Gasteiger partial charge < -0.3 is 15.2 Å².